The summed E-state index contributed by atoms with van der Waals surface area (Å²) in [7, 11) is 0. The summed E-state index contributed by atoms with van der Waals surface area (Å²) in [5.74, 6) is -0.175. The molecule has 0 rings (SSSR count). The van der Waals surface area contributed by atoms with E-state index in [1.165, 1.54) is 0 Å². The van der Waals surface area contributed by atoms with Crippen molar-refractivity contribution >= 4 is 5.97 Å². The van der Waals surface area contributed by atoms with Crippen LogP contribution >= 0.6 is 0 Å². The van der Waals surface area contributed by atoms with E-state index in [0.717, 1.165) is 25.7 Å². The van der Waals surface area contributed by atoms with Gasteiger partial charge in [0.25, 0.3) is 0 Å². The maximum Gasteiger partial charge on any atom is 0.309 e. The van der Waals surface area contributed by atoms with E-state index >= 15 is 0 Å². The van der Waals surface area contributed by atoms with Gasteiger partial charge in [-0.05, 0) is 18.3 Å². The lowest BCUT2D eigenvalue weighted by Gasteiger charge is -2.26. The molecule has 0 aromatic heterocycles. The van der Waals surface area contributed by atoms with E-state index in [-0.39, 0.29) is 23.9 Å². The van der Waals surface area contributed by atoms with E-state index in [4.69, 9.17) is 4.74 Å². The molecule has 0 heterocycles. The van der Waals surface area contributed by atoms with Gasteiger partial charge in [0.2, 0.25) is 0 Å². The molecule has 102 valence electrons. The number of carbonyl (C=O) groups is 1. The Bertz CT molecular complexity index is 218. The molecule has 0 amide bonds. The number of unbranched alkanes of at least 4 members (excludes halogenated alkanes) is 1. The Hall–Kier alpha value is -0.570. The van der Waals surface area contributed by atoms with Crippen LogP contribution in [0.3, 0.4) is 0 Å². The first-order valence-corrected chi connectivity index (χ1v) is 6.67. The number of carbonyl (C=O) groups excluding carboxylic acids is 1. The van der Waals surface area contributed by atoms with Crippen molar-refractivity contribution in [1.29, 1.82) is 0 Å². The van der Waals surface area contributed by atoms with Crippen molar-refractivity contribution in [2.75, 3.05) is 6.61 Å². The van der Waals surface area contributed by atoms with Crippen LogP contribution in [0, 0.1) is 11.3 Å². The summed E-state index contributed by atoms with van der Waals surface area (Å²) >= 11 is 0. The van der Waals surface area contributed by atoms with Gasteiger partial charge >= 0.3 is 5.97 Å². The molecule has 0 radical (unpaired) electrons. The van der Waals surface area contributed by atoms with Gasteiger partial charge < -0.3 is 9.84 Å². The second-order valence-corrected chi connectivity index (χ2v) is 5.76. The van der Waals surface area contributed by atoms with Gasteiger partial charge in [-0.3, -0.25) is 4.79 Å². The topological polar surface area (TPSA) is 46.5 Å². The largest absolute Gasteiger partial charge is 0.463 e. The van der Waals surface area contributed by atoms with E-state index in [9.17, 15) is 9.90 Å². The highest BCUT2D eigenvalue weighted by molar-refractivity contribution is 5.72. The molecular weight excluding hydrogens is 216 g/mol. The van der Waals surface area contributed by atoms with Crippen molar-refractivity contribution < 1.29 is 14.6 Å². The van der Waals surface area contributed by atoms with Gasteiger partial charge in [0.1, 0.15) is 6.61 Å². The number of aliphatic hydroxyl groups is 1. The normalized spacial score (nSPS) is 15.4. The second-order valence-electron chi connectivity index (χ2n) is 5.76. The lowest BCUT2D eigenvalue weighted by atomic mass is 9.90. The van der Waals surface area contributed by atoms with Crippen LogP contribution in [-0.2, 0) is 9.53 Å². The lowest BCUT2D eigenvalue weighted by molar-refractivity contribution is -0.154. The maximum absolute atomic E-state index is 11.8. The first-order valence-electron chi connectivity index (χ1n) is 6.67. The van der Waals surface area contributed by atoms with Crippen LogP contribution in [0.25, 0.3) is 0 Å². The Kier molecular flexibility index (Phi) is 7.44. The molecule has 0 aromatic rings. The molecule has 3 heteroatoms. The molecule has 0 bridgehead atoms. The summed E-state index contributed by atoms with van der Waals surface area (Å²) in [6.07, 6.45) is 3.24. The quantitative estimate of drug-likeness (QED) is 0.700. The molecule has 1 N–H and O–H groups in total. The smallest absolute Gasteiger partial charge is 0.309 e. The fourth-order valence-corrected chi connectivity index (χ4v) is 1.47. The second kappa shape index (κ2) is 7.70. The lowest BCUT2D eigenvalue weighted by Crippen LogP contribution is -2.33. The first kappa shape index (κ1) is 16.4. The van der Waals surface area contributed by atoms with Crippen LogP contribution in [0.2, 0.25) is 0 Å². The molecule has 0 fully saturated rings. The van der Waals surface area contributed by atoms with Gasteiger partial charge in [0.15, 0.2) is 0 Å². The van der Waals surface area contributed by atoms with E-state index in [2.05, 4.69) is 6.92 Å². The summed E-state index contributed by atoms with van der Waals surface area (Å²) in [5.41, 5.74) is -0.245. The molecule has 0 aliphatic carbocycles. The molecule has 0 spiro atoms. The van der Waals surface area contributed by atoms with Crippen LogP contribution in [-0.4, -0.2) is 23.8 Å². The zero-order chi connectivity index (χ0) is 13.5. The third-order valence-corrected chi connectivity index (χ3v) is 3.12. The minimum atomic E-state index is -0.602. The Labute approximate surface area is 106 Å². The maximum atomic E-state index is 11.8. The zero-order valence-electron chi connectivity index (χ0n) is 12.0. The van der Waals surface area contributed by atoms with Gasteiger partial charge in [0, 0.05) is 0 Å². The van der Waals surface area contributed by atoms with Crippen molar-refractivity contribution in [2.24, 2.45) is 11.3 Å². The van der Waals surface area contributed by atoms with Crippen LogP contribution in [0.1, 0.15) is 60.3 Å². The molecule has 0 saturated heterocycles. The van der Waals surface area contributed by atoms with E-state index in [1.54, 1.807) is 0 Å². The minimum Gasteiger partial charge on any atom is -0.463 e. The van der Waals surface area contributed by atoms with Crippen molar-refractivity contribution in [1.82, 2.24) is 0 Å². The fourth-order valence-electron chi connectivity index (χ4n) is 1.47. The molecule has 2 atom stereocenters. The van der Waals surface area contributed by atoms with Crippen molar-refractivity contribution in [2.45, 2.75) is 66.4 Å². The zero-order valence-corrected chi connectivity index (χ0v) is 12.0. The Morgan fingerprint density at radius 2 is 1.88 bits per heavy atom. The number of ether oxygens (including phenoxy) is 1. The van der Waals surface area contributed by atoms with Crippen LogP contribution < -0.4 is 0 Å². The number of hydrogen-bond donors (Lipinski definition) is 1. The molecule has 3 nitrogen and oxygen atoms in total. The van der Waals surface area contributed by atoms with Crippen molar-refractivity contribution in [3.8, 4) is 0 Å². The van der Waals surface area contributed by atoms with Gasteiger partial charge in [-0.1, -0.05) is 47.5 Å². The van der Waals surface area contributed by atoms with Crippen LogP contribution in [0.5, 0.6) is 0 Å². The van der Waals surface area contributed by atoms with Gasteiger partial charge in [-0.15, -0.1) is 0 Å². The summed E-state index contributed by atoms with van der Waals surface area (Å²) in [4.78, 5) is 11.8. The van der Waals surface area contributed by atoms with Gasteiger partial charge in [-0.2, -0.15) is 0 Å². The molecule has 17 heavy (non-hydrogen) atoms. The average molecular weight is 244 g/mol. The number of aliphatic hydroxyl groups excluding tert-OH is 1. The molecular formula is C14H28O3. The van der Waals surface area contributed by atoms with Crippen LogP contribution in [0.15, 0.2) is 0 Å². The highest BCUT2D eigenvalue weighted by Crippen LogP contribution is 2.20. The molecule has 0 aromatic carbocycles. The highest BCUT2D eigenvalue weighted by atomic mass is 16.5. The van der Waals surface area contributed by atoms with E-state index in [0.29, 0.717) is 0 Å². The predicted octanol–water partition coefficient (Wildman–Crippen LogP) is 3.15. The van der Waals surface area contributed by atoms with E-state index in [1.807, 2.05) is 27.7 Å². The third-order valence-electron chi connectivity index (χ3n) is 3.12. The third kappa shape index (κ3) is 6.67. The monoisotopic (exact) mass is 244 g/mol. The Balaban J connectivity index is 4.06. The summed E-state index contributed by atoms with van der Waals surface area (Å²) in [6.45, 7) is 10.0. The Morgan fingerprint density at radius 3 is 2.29 bits per heavy atom. The number of rotatable bonds is 7. The van der Waals surface area contributed by atoms with Crippen LogP contribution in [0.4, 0.5) is 0 Å². The van der Waals surface area contributed by atoms with Crippen molar-refractivity contribution in [3.63, 3.8) is 0 Å². The average Bonchev–Trinajstić information content (AvgIpc) is 2.25. The SMILES string of the molecule is CCCCC(CC)C(=O)OCC(O)C(C)(C)C. The summed E-state index contributed by atoms with van der Waals surface area (Å²) in [5, 5.41) is 9.79. The Morgan fingerprint density at radius 1 is 1.29 bits per heavy atom. The summed E-state index contributed by atoms with van der Waals surface area (Å²) in [6, 6.07) is 0. The first-order chi connectivity index (χ1) is 7.82. The van der Waals surface area contributed by atoms with Gasteiger partial charge in [-0.25, -0.2) is 0 Å². The standard InChI is InChI=1S/C14H28O3/c1-6-8-9-11(7-2)13(16)17-10-12(15)14(3,4)5/h11-12,15H,6-10H2,1-5H3. The fraction of sp³-hybridized carbons (Fsp3) is 0.929. The predicted molar refractivity (Wildman–Crippen MR) is 69.7 cm³/mol. The van der Waals surface area contributed by atoms with Crippen molar-refractivity contribution in [3.05, 3.63) is 0 Å². The van der Waals surface area contributed by atoms with Gasteiger partial charge in [0.05, 0.1) is 12.0 Å². The molecule has 2 unspecified atom stereocenters. The summed E-state index contributed by atoms with van der Waals surface area (Å²) < 4.78 is 5.19. The molecule has 0 aliphatic rings. The number of esters is 1. The molecule has 0 aliphatic heterocycles. The number of hydrogen-bond acceptors (Lipinski definition) is 3. The highest BCUT2D eigenvalue weighted by Gasteiger charge is 2.25. The minimum absolute atomic E-state index is 0.0119. The van der Waals surface area contributed by atoms with E-state index < -0.39 is 6.10 Å². The molecule has 0 saturated carbocycles.